The molecule has 1 aromatic carbocycles. The van der Waals surface area contributed by atoms with Crippen LogP contribution in [-0.2, 0) is 4.79 Å². The summed E-state index contributed by atoms with van der Waals surface area (Å²) in [4.78, 5) is 22.2. The van der Waals surface area contributed by atoms with E-state index in [1.165, 1.54) is 0 Å². The summed E-state index contributed by atoms with van der Waals surface area (Å²) in [6, 6.07) is 6.93. The second-order valence-corrected chi connectivity index (χ2v) is 4.13. The number of carbonyl (C=O) groups is 2. The van der Waals surface area contributed by atoms with E-state index in [2.05, 4.69) is 10.6 Å². The van der Waals surface area contributed by atoms with Crippen LogP contribution >= 0.6 is 0 Å². The van der Waals surface area contributed by atoms with Gasteiger partial charge in [0, 0.05) is 30.8 Å². The Morgan fingerprint density at radius 3 is 2.39 bits per heavy atom. The van der Waals surface area contributed by atoms with Crippen LogP contribution in [-0.4, -0.2) is 30.1 Å². The average molecular weight is 250 g/mol. The lowest BCUT2D eigenvalue weighted by atomic mass is 10.1. The maximum absolute atomic E-state index is 11.8. The maximum atomic E-state index is 11.8. The highest BCUT2D eigenvalue weighted by Gasteiger charge is 2.10. The molecule has 0 bridgehead atoms. The fourth-order valence-corrected chi connectivity index (χ4v) is 1.51. The molecule has 0 radical (unpaired) electrons. The number of nitrogens with one attached hydrogen (secondary N) is 2. The predicted octanol–water partition coefficient (Wildman–Crippen LogP) is 1.71. The molecule has 1 aromatic rings. The summed E-state index contributed by atoms with van der Waals surface area (Å²) >= 11 is 0. The highest BCUT2D eigenvalue weighted by Crippen LogP contribution is 2.09. The Kier molecular flexibility index (Phi) is 5.17. The quantitative estimate of drug-likeness (QED) is 0.718. The molecule has 3 N–H and O–H groups in total. The van der Waals surface area contributed by atoms with Crippen LogP contribution in [0.2, 0.25) is 0 Å². The van der Waals surface area contributed by atoms with Crippen LogP contribution in [0.15, 0.2) is 24.3 Å². The van der Waals surface area contributed by atoms with Crippen molar-refractivity contribution in [2.24, 2.45) is 0 Å². The Hall–Kier alpha value is -2.04. The van der Waals surface area contributed by atoms with Gasteiger partial charge in [0.1, 0.15) is 0 Å². The second-order valence-electron chi connectivity index (χ2n) is 4.13. The summed E-state index contributed by atoms with van der Waals surface area (Å²) in [6.07, 6.45) is 0.482. The topological polar surface area (TPSA) is 78.4 Å². The van der Waals surface area contributed by atoms with Gasteiger partial charge in [-0.25, -0.2) is 0 Å². The van der Waals surface area contributed by atoms with Crippen LogP contribution in [0.4, 0.5) is 5.69 Å². The SMILES string of the molecule is CNc1ccc(C(=O)NC(C)CCC(=O)O)cc1. The molecule has 0 fully saturated rings. The number of carbonyl (C=O) groups excluding carboxylic acids is 1. The minimum atomic E-state index is -0.852. The smallest absolute Gasteiger partial charge is 0.303 e. The van der Waals surface area contributed by atoms with Crippen molar-refractivity contribution in [3.8, 4) is 0 Å². The lowest BCUT2D eigenvalue weighted by Crippen LogP contribution is -2.32. The molecule has 0 aliphatic heterocycles. The van der Waals surface area contributed by atoms with Crippen molar-refractivity contribution in [1.82, 2.24) is 5.32 Å². The Morgan fingerprint density at radius 1 is 1.28 bits per heavy atom. The maximum Gasteiger partial charge on any atom is 0.303 e. The molecular formula is C13H18N2O3. The molecule has 1 rings (SSSR count). The fraction of sp³-hybridized carbons (Fsp3) is 0.385. The Balaban J connectivity index is 2.50. The highest BCUT2D eigenvalue weighted by molar-refractivity contribution is 5.94. The molecule has 0 spiro atoms. The van der Waals surface area contributed by atoms with Crippen LogP contribution in [0.3, 0.4) is 0 Å². The molecule has 0 aliphatic rings. The van der Waals surface area contributed by atoms with Crippen LogP contribution in [0.25, 0.3) is 0 Å². The molecule has 0 saturated heterocycles. The number of carboxylic acids is 1. The van der Waals surface area contributed by atoms with Crippen LogP contribution in [0.1, 0.15) is 30.1 Å². The fourth-order valence-electron chi connectivity index (χ4n) is 1.51. The van der Waals surface area contributed by atoms with Gasteiger partial charge in [-0.3, -0.25) is 9.59 Å². The molecule has 1 amide bonds. The van der Waals surface area contributed by atoms with Crippen molar-refractivity contribution in [3.63, 3.8) is 0 Å². The first-order valence-corrected chi connectivity index (χ1v) is 5.83. The first-order valence-electron chi connectivity index (χ1n) is 5.83. The number of carboxylic acid groups (broad SMARTS) is 1. The molecule has 5 nitrogen and oxygen atoms in total. The molecule has 5 heteroatoms. The average Bonchev–Trinajstić information content (AvgIpc) is 2.36. The van der Waals surface area contributed by atoms with E-state index in [4.69, 9.17) is 5.11 Å². The number of aliphatic carboxylic acids is 1. The van der Waals surface area contributed by atoms with E-state index in [-0.39, 0.29) is 18.4 Å². The molecule has 0 aromatic heterocycles. The van der Waals surface area contributed by atoms with Gasteiger partial charge in [0.05, 0.1) is 0 Å². The van der Waals surface area contributed by atoms with E-state index in [0.29, 0.717) is 12.0 Å². The van der Waals surface area contributed by atoms with Gasteiger partial charge in [0.15, 0.2) is 0 Å². The summed E-state index contributed by atoms with van der Waals surface area (Å²) < 4.78 is 0. The minimum Gasteiger partial charge on any atom is -0.481 e. The third-order valence-corrected chi connectivity index (χ3v) is 2.60. The van der Waals surface area contributed by atoms with Gasteiger partial charge in [-0.05, 0) is 37.6 Å². The van der Waals surface area contributed by atoms with Gasteiger partial charge >= 0.3 is 5.97 Å². The number of hydrogen-bond donors (Lipinski definition) is 3. The van der Waals surface area contributed by atoms with Gasteiger partial charge in [-0.2, -0.15) is 0 Å². The number of amides is 1. The summed E-state index contributed by atoms with van der Waals surface area (Å²) in [5.74, 6) is -1.04. The van der Waals surface area contributed by atoms with Crippen molar-refractivity contribution in [1.29, 1.82) is 0 Å². The second kappa shape index (κ2) is 6.64. The lowest BCUT2D eigenvalue weighted by molar-refractivity contribution is -0.137. The number of anilines is 1. The van der Waals surface area contributed by atoms with Crippen LogP contribution < -0.4 is 10.6 Å². The Morgan fingerprint density at radius 2 is 1.89 bits per heavy atom. The summed E-state index contributed by atoms with van der Waals surface area (Å²) in [7, 11) is 1.81. The molecule has 18 heavy (non-hydrogen) atoms. The van der Waals surface area contributed by atoms with Crippen molar-refractivity contribution >= 4 is 17.6 Å². The molecule has 0 heterocycles. The molecule has 1 unspecified atom stereocenters. The molecule has 0 saturated carbocycles. The van der Waals surface area contributed by atoms with E-state index < -0.39 is 5.97 Å². The van der Waals surface area contributed by atoms with Crippen LogP contribution in [0.5, 0.6) is 0 Å². The van der Waals surface area contributed by atoms with Gasteiger partial charge in [-0.1, -0.05) is 0 Å². The highest BCUT2D eigenvalue weighted by atomic mass is 16.4. The molecule has 98 valence electrons. The number of rotatable bonds is 6. The van der Waals surface area contributed by atoms with E-state index >= 15 is 0 Å². The normalized spacial score (nSPS) is 11.7. The van der Waals surface area contributed by atoms with Gasteiger partial charge in [0.2, 0.25) is 0 Å². The zero-order valence-electron chi connectivity index (χ0n) is 10.6. The third-order valence-electron chi connectivity index (χ3n) is 2.60. The monoisotopic (exact) mass is 250 g/mol. The molecule has 1 atom stereocenters. The van der Waals surface area contributed by atoms with Crippen molar-refractivity contribution in [3.05, 3.63) is 29.8 Å². The largest absolute Gasteiger partial charge is 0.481 e. The summed E-state index contributed by atoms with van der Waals surface area (Å²) in [5, 5.41) is 14.3. The van der Waals surface area contributed by atoms with Crippen LogP contribution in [0, 0.1) is 0 Å². The Labute approximate surface area is 106 Å². The lowest BCUT2D eigenvalue weighted by Gasteiger charge is -2.12. The van der Waals surface area contributed by atoms with Crippen molar-refractivity contribution < 1.29 is 14.7 Å². The number of benzene rings is 1. The molecular weight excluding hydrogens is 232 g/mol. The van der Waals surface area contributed by atoms with Crippen molar-refractivity contribution in [2.45, 2.75) is 25.8 Å². The standard InChI is InChI=1S/C13H18N2O3/c1-9(3-8-12(16)17)15-13(18)10-4-6-11(14-2)7-5-10/h4-7,9,14H,3,8H2,1-2H3,(H,15,18)(H,16,17). The van der Waals surface area contributed by atoms with E-state index in [1.54, 1.807) is 19.1 Å². The third kappa shape index (κ3) is 4.45. The zero-order chi connectivity index (χ0) is 13.5. The zero-order valence-corrected chi connectivity index (χ0v) is 10.6. The predicted molar refractivity (Wildman–Crippen MR) is 69.8 cm³/mol. The van der Waals surface area contributed by atoms with E-state index in [0.717, 1.165) is 5.69 Å². The van der Waals surface area contributed by atoms with Crippen molar-refractivity contribution in [2.75, 3.05) is 12.4 Å². The first-order chi connectivity index (χ1) is 8.52. The number of hydrogen-bond acceptors (Lipinski definition) is 3. The van der Waals surface area contributed by atoms with E-state index in [9.17, 15) is 9.59 Å². The minimum absolute atomic E-state index is 0.0557. The van der Waals surface area contributed by atoms with Gasteiger partial charge < -0.3 is 15.7 Å². The van der Waals surface area contributed by atoms with Gasteiger partial charge in [-0.15, -0.1) is 0 Å². The van der Waals surface area contributed by atoms with E-state index in [1.807, 2.05) is 19.2 Å². The first kappa shape index (κ1) is 14.0. The summed E-state index contributed by atoms with van der Waals surface area (Å²) in [5.41, 5.74) is 1.50. The molecule has 0 aliphatic carbocycles. The van der Waals surface area contributed by atoms with Gasteiger partial charge in [0.25, 0.3) is 5.91 Å². The Bertz CT molecular complexity index is 415. The summed E-state index contributed by atoms with van der Waals surface area (Å²) in [6.45, 7) is 1.79.